The molecule has 5 aromatic carbocycles. The van der Waals surface area contributed by atoms with Crippen LogP contribution in [0, 0.1) is 0 Å². The number of nitrogens with zero attached hydrogens (tertiary/aromatic N) is 4. The molecule has 0 bridgehead atoms. The number of pyridine rings is 1. The zero-order chi connectivity index (χ0) is 34.2. The quantitative estimate of drug-likeness (QED) is 0.163. The van der Waals surface area contributed by atoms with Gasteiger partial charge < -0.3 is 9.47 Å². The van der Waals surface area contributed by atoms with E-state index in [1.165, 1.54) is 16.7 Å². The summed E-state index contributed by atoms with van der Waals surface area (Å²) in [6.07, 6.45) is 3.87. The van der Waals surface area contributed by atoms with E-state index in [1.54, 1.807) is 0 Å². The second kappa shape index (κ2) is 12.8. The average molecular weight is 655 g/mol. The van der Waals surface area contributed by atoms with E-state index < -0.39 is 5.41 Å². The first-order chi connectivity index (χ1) is 24.4. The topological polar surface area (TPSA) is 62.1 Å². The number of rotatable bonds is 8. The minimum atomic E-state index is -0.730. The van der Waals surface area contributed by atoms with Gasteiger partial charge in [0.15, 0.2) is 0 Å². The summed E-state index contributed by atoms with van der Waals surface area (Å²) in [6, 6.07) is 45.3. The molecule has 0 spiro atoms. The third-order valence-corrected chi connectivity index (χ3v) is 9.56. The summed E-state index contributed by atoms with van der Waals surface area (Å²) in [5.41, 5.74) is 8.71. The van der Waals surface area contributed by atoms with E-state index in [2.05, 4.69) is 98.7 Å². The summed E-state index contributed by atoms with van der Waals surface area (Å²) in [4.78, 5) is 4.95. The largest absolute Gasteiger partial charge is 0.457 e. The molecule has 1 aliphatic heterocycles. The Balaban J connectivity index is 1.18. The minimum Gasteiger partial charge on any atom is -0.457 e. The van der Waals surface area contributed by atoms with E-state index >= 15 is 0 Å². The Kier molecular flexibility index (Phi) is 8.00. The van der Waals surface area contributed by atoms with Crippen molar-refractivity contribution in [1.29, 1.82) is 0 Å². The Morgan fingerprint density at radius 3 is 1.92 bits per heavy atom. The number of hydrogen-bond acceptors (Lipinski definition) is 5. The molecule has 7 aromatic rings. The van der Waals surface area contributed by atoms with Gasteiger partial charge in [0, 0.05) is 29.0 Å². The smallest absolute Gasteiger partial charge is 0.132 e. The highest BCUT2D eigenvalue weighted by atomic mass is 16.5. The first kappa shape index (κ1) is 31.3. The van der Waals surface area contributed by atoms with Gasteiger partial charge in [0.2, 0.25) is 0 Å². The van der Waals surface area contributed by atoms with Crippen LogP contribution >= 0.6 is 0 Å². The molecule has 1 aliphatic rings. The highest BCUT2D eigenvalue weighted by Crippen LogP contribution is 2.55. The standard InChI is InChI=1S/C44H38N4O2/c1-29(2)35-18-13-19-36(30(3)4)43(35)39-28-48(47-46-39)32-15-12-17-34(27-32)49-33-16-11-14-31(26-33)44(42-24-9-10-25-45-42)37-20-5-7-22-40(37)50-41-23-8-6-21-38(41)44/h5-30H,1-4H3. The van der Waals surface area contributed by atoms with E-state index in [-0.39, 0.29) is 0 Å². The number of ether oxygens (including phenoxy) is 2. The minimum absolute atomic E-state index is 0.362. The average Bonchev–Trinajstić information content (AvgIpc) is 3.64. The molecular formula is C44H38N4O2. The molecule has 0 unspecified atom stereocenters. The SMILES string of the molecule is CC(C)c1cccc(C(C)C)c1-c1cn(-c2cccc(Oc3cccc(C4(c5ccccn5)c5ccccc5Oc5ccccc54)c3)c2)nn1. The number of benzene rings is 5. The van der Waals surface area contributed by atoms with E-state index in [0.717, 1.165) is 45.3 Å². The molecule has 0 N–H and O–H groups in total. The van der Waals surface area contributed by atoms with Crippen LogP contribution in [0.4, 0.5) is 0 Å². The number of hydrogen-bond donors (Lipinski definition) is 0. The third-order valence-electron chi connectivity index (χ3n) is 9.56. The lowest BCUT2D eigenvalue weighted by Gasteiger charge is -2.40. The molecule has 50 heavy (non-hydrogen) atoms. The van der Waals surface area contributed by atoms with Crippen molar-refractivity contribution < 1.29 is 9.47 Å². The lowest BCUT2D eigenvalue weighted by molar-refractivity contribution is 0.431. The molecule has 0 radical (unpaired) electrons. The monoisotopic (exact) mass is 654 g/mol. The summed E-state index contributed by atoms with van der Waals surface area (Å²) in [6.45, 7) is 8.89. The molecule has 3 heterocycles. The molecule has 246 valence electrons. The van der Waals surface area contributed by atoms with Crippen molar-refractivity contribution in [3.05, 3.63) is 179 Å². The van der Waals surface area contributed by atoms with Crippen LogP contribution in [-0.2, 0) is 5.41 Å². The normalized spacial score (nSPS) is 13.1. The van der Waals surface area contributed by atoms with Crippen LogP contribution in [0.3, 0.4) is 0 Å². The van der Waals surface area contributed by atoms with Crippen LogP contribution in [0.5, 0.6) is 23.0 Å². The Bertz CT molecular complexity index is 2240. The summed E-state index contributed by atoms with van der Waals surface area (Å²) in [7, 11) is 0. The maximum absolute atomic E-state index is 6.61. The van der Waals surface area contributed by atoms with Gasteiger partial charge in [0.1, 0.15) is 28.7 Å². The fourth-order valence-corrected chi connectivity index (χ4v) is 7.28. The molecule has 0 atom stereocenters. The zero-order valence-electron chi connectivity index (χ0n) is 28.6. The van der Waals surface area contributed by atoms with E-state index in [9.17, 15) is 0 Å². The van der Waals surface area contributed by atoms with Gasteiger partial charge in [-0.25, -0.2) is 4.68 Å². The maximum atomic E-state index is 6.61. The van der Waals surface area contributed by atoms with Crippen molar-refractivity contribution in [3.63, 3.8) is 0 Å². The molecule has 0 fully saturated rings. The summed E-state index contributed by atoms with van der Waals surface area (Å²) < 4.78 is 14.9. The molecule has 0 saturated carbocycles. The highest BCUT2D eigenvalue weighted by Gasteiger charge is 2.46. The number of aromatic nitrogens is 4. The van der Waals surface area contributed by atoms with Crippen LogP contribution in [0.25, 0.3) is 16.9 Å². The first-order valence-electron chi connectivity index (χ1n) is 17.2. The number of fused-ring (bicyclic) bond motifs is 2. The van der Waals surface area contributed by atoms with Gasteiger partial charge in [-0.1, -0.05) is 112 Å². The van der Waals surface area contributed by atoms with Gasteiger partial charge in [0.25, 0.3) is 0 Å². The Labute approximate surface area is 293 Å². The summed E-state index contributed by atoms with van der Waals surface area (Å²) in [5, 5.41) is 9.22. The molecule has 8 rings (SSSR count). The van der Waals surface area contributed by atoms with Crippen LogP contribution in [0.2, 0.25) is 0 Å². The molecule has 6 nitrogen and oxygen atoms in total. The van der Waals surface area contributed by atoms with Crippen LogP contribution < -0.4 is 9.47 Å². The van der Waals surface area contributed by atoms with Gasteiger partial charge in [-0.05, 0) is 77.1 Å². The number of para-hydroxylation sites is 2. The predicted molar refractivity (Wildman–Crippen MR) is 198 cm³/mol. The van der Waals surface area contributed by atoms with Gasteiger partial charge >= 0.3 is 0 Å². The Hall–Kier alpha value is -6.01. The van der Waals surface area contributed by atoms with Crippen molar-refractivity contribution in [1.82, 2.24) is 20.0 Å². The molecule has 2 aromatic heterocycles. The van der Waals surface area contributed by atoms with Crippen molar-refractivity contribution in [2.75, 3.05) is 0 Å². The molecule has 0 saturated heterocycles. The van der Waals surface area contributed by atoms with Crippen molar-refractivity contribution in [3.8, 4) is 39.9 Å². The van der Waals surface area contributed by atoms with E-state index in [4.69, 9.17) is 14.5 Å². The Morgan fingerprint density at radius 1 is 0.640 bits per heavy atom. The van der Waals surface area contributed by atoms with Gasteiger partial charge in [0.05, 0.1) is 23.0 Å². The van der Waals surface area contributed by atoms with Crippen molar-refractivity contribution in [2.24, 2.45) is 0 Å². The van der Waals surface area contributed by atoms with Crippen LogP contribution in [0.1, 0.15) is 73.0 Å². The predicted octanol–water partition coefficient (Wildman–Crippen LogP) is 10.9. The van der Waals surface area contributed by atoms with Crippen molar-refractivity contribution >= 4 is 0 Å². The zero-order valence-corrected chi connectivity index (χ0v) is 28.6. The molecule has 6 heteroatoms. The summed E-state index contributed by atoms with van der Waals surface area (Å²) in [5.74, 6) is 3.74. The molecular weight excluding hydrogens is 617 g/mol. The molecule has 0 amide bonds. The van der Waals surface area contributed by atoms with Crippen LogP contribution in [0.15, 0.2) is 146 Å². The fourth-order valence-electron chi connectivity index (χ4n) is 7.28. The van der Waals surface area contributed by atoms with Gasteiger partial charge in [-0.2, -0.15) is 0 Å². The third kappa shape index (κ3) is 5.34. The molecule has 0 aliphatic carbocycles. The van der Waals surface area contributed by atoms with E-state index in [1.807, 2.05) is 89.9 Å². The van der Waals surface area contributed by atoms with Gasteiger partial charge in [-0.3, -0.25) is 4.98 Å². The van der Waals surface area contributed by atoms with Crippen LogP contribution in [-0.4, -0.2) is 20.0 Å². The van der Waals surface area contributed by atoms with Gasteiger partial charge in [-0.15, -0.1) is 5.10 Å². The second-order valence-electron chi connectivity index (χ2n) is 13.4. The maximum Gasteiger partial charge on any atom is 0.132 e. The second-order valence-corrected chi connectivity index (χ2v) is 13.4. The lowest BCUT2D eigenvalue weighted by Crippen LogP contribution is -2.35. The van der Waals surface area contributed by atoms with Crippen molar-refractivity contribution in [2.45, 2.75) is 44.9 Å². The fraction of sp³-hybridized carbons (Fsp3) is 0.159. The summed E-state index contributed by atoms with van der Waals surface area (Å²) >= 11 is 0. The van der Waals surface area contributed by atoms with E-state index in [0.29, 0.717) is 23.3 Å². The lowest BCUT2D eigenvalue weighted by atomic mass is 9.65. The highest BCUT2D eigenvalue weighted by molar-refractivity contribution is 5.70. The Morgan fingerprint density at radius 2 is 1.26 bits per heavy atom. The first-order valence-corrected chi connectivity index (χ1v) is 17.2.